The second kappa shape index (κ2) is 8.28. The van der Waals surface area contributed by atoms with Crippen LogP contribution in [0.4, 0.5) is 0 Å². The minimum absolute atomic E-state index is 0.178. The van der Waals surface area contributed by atoms with Gasteiger partial charge in [0.1, 0.15) is 0 Å². The van der Waals surface area contributed by atoms with E-state index in [4.69, 9.17) is 0 Å². The zero-order chi connectivity index (χ0) is 16.8. The topological polar surface area (TPSA) is 63.9 Å². The summed E-state index contributed by atoms with van der Waals surface area (Å²) in [5, 5.41) is 12.5. The summed E-state index contributed by atoms with van der Waals surface area (Å²) >= 11 is 1.40. The first-order chi connectivity index (χ1) is 11.8. The van der Waals surface area contributed by atoms with E-state index in [2.05, 4.69) is 22.4 Å². The van der Waals surface area contributed by atoms with E-state index in [-0.39, 0.29) is 5.91 Å². The number of rotatable bonds is 6. The monoisotopic (exact) mass is 345 g/mol. The fraction of sp³-hybridized carbons (Fsp3) is 0.529. The molecule has 1 aromatic heterocycles. The lowest BCUT2D eigenvalue weighted by Crippen LogP contribution is -2.42. The predicted molar refractivity (Wildman–Crippen MR) is 94.1 cm³/mol. The number of aromatic nitrogens is 4. The highest BCUT2D eigenvalue weighted by Crippen LogP contribution is 2.24. The second-order valence-electron chi connectivity index (χ2n) is 5.97. The van der Waals surface area contributed by atoms with Gasteiger partial charge in [0.2, 0.25) is 11.1 Å². The number of nitrogens with zero attached hydrogens (tertiary/aromatic N) is 5. The lowest BCUT2D eigenvalue weighted by Gasteiger charge is -2.33. The number of carbonyl (C=O) groups excluding carboxylic acids is 1. The Bertz CT molecular complexity index is 654. The van der Waals surface area contributed by atoms with Crippen molar-refractivity contribution in [1.82, 2.24) is 25.1 Å². The van der Waals surface area contributed by atoms with Crippen molar-refractivity contribution in [2.45, 2.75) is 50.2 Å². The Morgan fingerprint density at radius 1 is 1.25 bits per heavy atom. The van der Waals surface area contributed by atoms with Crippen LogP contribution in [-0.2, 0) is 4.79 Å². The summed E-state index contributed by atoms with van der Waals surface area (Å²) in [7, 11) is 0. The normalized spacial score (nSPS) is 15.4. The Hall–Kier alpha value is -1.89. The molecule has 0 unspecified atom stereocenters. The molecule has 6 nitrogen and oxygen atoms in total. The molecule has 1 aliphatic carbocycles. The van der Waals surface area contributed by atoms with Gasteiger partial charge in [-0.2, -0.15) is 4.68 Å². The van der Waals surface area contributed by atoms with E-state index in [0.29, 0.717) is 17.0 Å². The molecule has 0 bridgehead atoms. The van der Waals surface area contributed by atoms with Crippen molar-refractivity contribution >= 4 is 17.7 Å². The smallest absolute Gasteiger partial charge is 0.233 e. The van der Waals surface area contributed by atoms with Gasteiger partial charge in [0.25, 0.3) is 0 Å². The third-order valence-corrected chi connectivity index (χ3v) is 5.35. The Labute approximate surface area is 146 Å². The molecule has 128 valence electrons. The zero-order valence-electron chi connectivity index (χ0n) is 14.0. The first-order valence-corrected chi connectivity index (χ1v) is 9.54. The number of hydrogen-bond acceptors (Lipinski definition) is 5. The van der Waals surface area contributed by atoms with Crippen LogP contribution < -0.4 is 0 Å². The maximum absolute atomic E-state index is 12.6. The standard InChI is InChI=1S/C17H23N5OS/c1-2-21(14-9-5-3-6-10-14)16(23)13-24-17-18-19-20-22(17)15-11-7-4-8-12-15/h4,7-8,11-12,14H,2-3,5-6,9-10,13H2,1H3. The van der Waals surface area contributed by atoms with Crippen molar-refractivity contribution in [3.63, 3.8) is 0 Å². The molecule has 1 fully saturated rings. The first-order valence-electron chi connectivity index (χ1n) is 8.55. The van der Waals surface area contributed by atoms with E-state index in [1.165, 1.54) is 31.0 Å². The van der Waals surface area contributed by atoms with E-state index in [1.807, 2.05) is 35.2 Å². The van der Waals surface area contributed by atoms with Crippen LogP contribution in [0.5, 0.6) is 0 Å². The number of amides is 1. The van der Waals surface area contributed by atoms with Crippen LogP contribution in [0, 0.1) is 0 Å². The minimum Gasteiger partial charge on any atom is -0.339 e. The van der Waals surface area contributed by atoms with Crippen LogP contribution in [0.2, 0.25) is 0 Å². The summed E-state index contributed by atoms with van der Waals surface area (Å²) in [5.41, 5.74) is 0.900. The minimum atomic E-state index is 0.178. The Kier molecular flexibility index (Phi) is 5.85. The predicted octanol–water partition coefficient (Wildman–Crippen LogP) is 2.94. The molecule has 3 rings (SSSR count). The highest BCUT2D eigenvalue weighted by Gasteiger charge is 2.24. The van der Waals surface area contributed by atoms with Gasteiger partial charge < -0.3 is 4.90 Å². The molecule has 0 saturated heterocycles. The molecular weight excluding hydrogens is 322 g/mol. The van der Waals surface area contributed by atoms with Crippen molar-refractivity contribution in [3.05, 3.63) is 30.3 Å². The Morgan fingerprint density at radius 3 is 2.71 bits per heavy atom. The summed E-state index contributed by atoms with van der Waals surface area (Å²) in [5.74, 6) is 0.550. The molecule has 0 aliphatic heterocycles. The SMILES string of the molecule is CCN(C(=O)CSc1nnnn1-c1ccccc1)C1CCCCC1. The summed E-state index contributed by atoms with van der Waals surface area (Å²) in [6, 6.07) is 10.1. The molecule has 1 aliphatic rings. The highest BCUT2D eigenvalue weighted by molar-refractivity contribution is 7.99. The van der Waals surface area contributed by atoms with Crippen LogP contribution in [0.3, 0.4) is 0 Å². The summed E-state index contributed by atoms with van der Waals surface area (Å²) < 4.78 is 1.68. The fourth-order valence-electron chi connectivity index (χ4n) is 3.24. The van der Waals surface area contributed by atoms with Gasteiger partial charge in [-0.3, -0.25) is 4.79 Å². The van der Waals surface area contributed by atoms with E-state index in [9.17, 15) is 4.79 Å². The lowest BCUT2D eigenvalue weighted by atomic mass is 9.94. The summed E-state index contributed by atoms with van der Waals surface area (Å²) in [4.78, 5) is 14.7. The first kappa shape index (κ1) is 17.0. The van der Waals surface area contributed by atoms with Gasteiger partial charge in [-0.1, -0.05) is 49.2 Å². The molecule has 0 radical (unpaired) electrons. The average molecular weight is 345 g/mol. The fourth-order valence-corrected chi connectivity index (χ4v) is 4.02. The number of tetrazole rings is 1. The molecule has 0 atom stereocenters. The van der Waals surface area contributed by atoms with Gasteiger partial charge in [-0.05, 0) is 42.3 Å². The van der Waals surface area contributed by atoms with E-state index in [1.54, 1.807) is 4.68 Å². The van der Waals surface area contributed by atoms with Crippen molar-refractivity contribution in [3.8, 4) is 5.69 Å². The maximum atomic E-state index is 12.6. The van der Waals surface area contributed by atoms with Crippen molar-refractivity contribution < 1.29 is 4.79 Å². The second-order valence-corrected chi connectivity index (χ2v) is 6.91. The molecule has 1 amide bonds. The van der Waals surface area contributed by atoms with Crippen LogP contribution in [0.1, 0.15) is 39.0 Å². The largest absolute Gasteiger partial charge is 0.339 e. The average Bonchev–Trinajstić information content (AvgIpc) is 3.11. The van der Waals surface area contributed by atoms with Gasteiger partial charge >= 0.3 is 0 Å². The summed E-state index contributed by atoms with van der Waals surface area (Å²) in [6.45, 7) is 2.83. The molecule has 7 heteroatoms. The lowest BCUT2D eigenvalue weighted by molar-refractivity contribution is -0.131. The van der Waals surface area contributed by atoms with Gasteiger partial charge in [0.05, 0.1) is 11.4 Å². The van der Waals surface area contributed by atoms with Crippen LogP contribution >= 0.6 is 11.8 Å². The third-order valence-electron chi connectivity index (χ3n) is 4.44. The molecular formula is C17H23N5OS. The van der Waals surface area contributed by atoms with Gasteiger partial charge in [-0.25, -0.2) is 0 Å². The van der Waals surface area contributed by atoms with E-state index in [0.717, 1.165) is 25.1 Å². The van der Waals surface area contributed by atoms with Gasteiger partial charge in [-0.15, -0.1) is 5.10 Å². The maximum Gasteiger partial charge on any atom is 0.233 e. The highest BCUT2D eigenvalue weighted by atomic mass is 32.2. The number of hydrogen-bond donors (Lipinski definition) is 0. The number of benzene rings is 1. The van der Waals surface area contributed by atoms with Crippen LogP contribution in [0.15, 0.2) is 35.5 Å². The summed E-state index contributed by atoms with van der Waals surface area (Å²) in [6.07, 6.45) is 6.02. The molecule has 1 aromatic carbocycles. The van der Waals surface area contributed by atoms with Gasteiger partial charge in [0.15, 0.2) is 0 Å². The quantitative estimate of drug-likeness (QED) is 0.753. The van der Waals surface area contributed by atoms with E-state index >= 15 is 0 Å². The molecule has 1 saturated carbocycles. The number of thioether (sulfide) groups is 1. The number of carbonyl (C=O) groups is 1. The Balaban J connectivity index is 1.63. The molecule has 0 spiro atoms. The molecule has 2 aromatic rings. The van der Waals surface area contributed by atoms with Crippen molar-refractivity contribution in [1.29, 1.82) is 0 Å². The van der Waals surface area contributed by atoms with Crippen molar-refractivity contribution in [2.24, 2.45) is 0 Å². The van der Waals surface area contributed by atoms with Gasteiger partial charge in [0, 0.05) is 12.6 Å². The molecule has 24 heavy (non-hydrogen) atoms. The van der Waals surface area contributed by atoms with E-state index < -0.39 is 0 Å². The zero-order valence-corrected chi connectivity index (χ0v) is 14.8. The van der Waals surface area contributed by atoms with Crippen LogP contribution in [-0.4, -0.2) is 49.4 Å². The molecule has 0 N–H and O–H groups in total. The third kappa shape index (κ3) is 3.95. The Morgan fingerprint density at radius 2 is 2.00 bits per heavy atom. The van der Waals surface area contributed by atoms with Crippen LogP contribution in [0.25, 0.3) is 5.69 Å². The number of para-hydroxylation sites is 1. The molecule has 1 heterocycles. The van der Waals surface area contributed by atoms with Crippen molar-refractivity contribution in [2.75, 3.05) is 12.3 Å².